The molecule has 1 N–H and O–H groups in total. The van der Waals surface area contributed by atoms with E-state index in [4.69, 9.17) is 0 Å². The predicted molar refractivity (Wildman–Crippen MR) is 112 cm³/mol. The standard InChI is InChI=1S/C24H26F3N3O/c1-23(2)17-8-5-15(19(23)11-17)12-30-10-9-20-18(13-30)22(31)29-21(28-20)14-3-6-16(7-4-14)24(25,26)27/h3-7,17,19H,8-13H2,1-2H3,(H,28,29,31). The number of H-pyrrole nitrogens is 1. The predicted octanol–water partition coefficient (Wildman–Crippen LogP) is 4.81. The highest BCUT2D eigenvalue weighted by atomic mass is 19.4. The third kappa shape index (κ3) is 3.53. The van der Waals surface area contributed by atoms with Crippen LogP contribution in [0.4, 0.5) is 13.2 Å². The molecule has 1 aliphatic heterocycles. The van der Waals surface area contributed by atoms with E-state index in [0.717, 1.165) is 43.3 Å². The van der Waals surface area contributed by atoms with Gasteiger partial charge in [0.25, 0.3) is 5.56 Å². The average Bonchev–Trinajstić information content (AvgIpc) is 2.73. The number of alkyl halides is 3. The number of nitrogens with one attached hydrogen (secondary N) is 1. The van der Waals surface area contributed by atoms with E-state index in [9.17, 15) is 18.0 Å². The summed E-state index contributed by atoms with van der Waals surface area (Å²) in [6.07, 6.45) is 1.11. The summed E-state index contributed by atoms with van der Waals surface area (Å²) < 4.78 is 38.4. The first-order chi connectivity index (χ1) is 14.6. The van der Waals surface area contributed by atoms with Gasteiger partial charge < -0.3 is 4.98 Å². The Morgan fingerprint density at radius 3 is 2.61 bits per heavy atom. The summed E-state index contributed by atoms with van der Waals surface area (Å²) in [4.78, 5) is 22.5. The smallest absolute Gasteiger partial charge is 0.306 e. The summed E-state index contributed by atoms with van der Waals surface area (Å²) in [5, 5.41) is 0. The van der Waals surface area contributed by atoms with Crippen LogP contribution >= 0.6 is 0 Å². The maximum Gasteiger partial charge on any atom is 0.416 e. The molecule has 2 heterocycles. The first kappa shape index (κ1) is 20.5. The Morgan fingerprint density at radius 2 is 1.97 bits per heavy atom. The number of hydrogen-bond donors (Lipinski definition) is 1. The Balaban J connectivity index is 1.34. The van der Waals surface area contributed by atoms with Gasteiger partial charge in [0.1, 0.15) is 5.82 Å². The minimum Gasteiger partial charge on any atom is -0.306 e. The largest absolute Gasteiger partial charge is 0.416 e. The molecular formula is C24H26F3N3O. The van der Waals surface area contributed by atoms with Gasteiger partial charge >= 0.3 is 6.18 Å². The highest BCUT2D eigenvalue weighted by Crippen LogP contribution is 2.59. The fraction of sp³-hybridized carbons (Fsp3) is 0.500. The molecule has 1 aromatic carbocycles. The molecule has 2 unspecified atom stereocenters. The van der Waals surface area contributed by atoms with Gasteiger partial charge in [-0.1, -0.05) is 37.6 Å². The Morgan fingerprint density at radius 1 is 1.23 bits per heavy atom. The SMILES string of the molecule is CC1(C)C2CC=C(CN3CCc4nc(-c5ccc(C(F)(F)F)cc5)[nH]c(=O)c4C3)C1C2. The highest BCUT2D eigenvalue weighted by molar-refractivity contribution is 5.56. The molecule has 2 aromatic rings. The number of halogens is 3. The van der Waals surface area contributed by atoms with Crippen LogP contribution in [-0.2, 0) is 19.1 Å². The number of rotatable bonds is 3. The lowest BCUT2D eigenvalue weighted by atomic mass is 9.49. The normalized spacial score (nSPS) is 24.9. The molecule has 4 aliphatic rings. The van der Waals surface area contributed by atoms with Crippen molar-refractivity contribution >= 4 is 0 Å². The molecule has 2 atom stereocenters. The van der Waals surface area contributed by atoms with E-state index in [1.54, 1.807) is 0 Å². The molecule has 4 nitrogen and oxygen atoms in total. The lowest BCUT2D eigenvalue weighted by Crippen LogP contribution is -2.50. The van der Waals surface area contributed by atoms with Gasteiger partial charge in [0.2, 0.25) is 0 Å². The highest BCUT2D eigenvalue weighted by Gasteiger charge is 2.51. The van der Waals surface area contributed by atoms with Crippen LogP contribution in [0, 0.1) is 17.3 Å². The van der Waals surface area contributed by atoms with E-state index < -0.39 is 11.7 Å². The van der Waals surface area contributed by atoms with Crippen LogP contribution in [0.25, 0.3) is 11.4 Å². The third-order valence-corrected chi connectivity index (χ3v) is 7.62. The van der Waals surface area contributed by atoms with Gasteiger partial charge in [-0.05, 0) is 42.2 Å². The summed E-state index contributed by atoms with van der Waals surface area (Å²) >= 11 is 0. The van der Waals surface area contributed by atoms with Crippen molar-refractivity contribution in [2.45, 2.75) is 45.8 Å². The molecule has 1 saturated carbocycles. The lowest BCUT2D eigenvalue weighted by molar-refractivity contribution is -0.137. The molecule has 6 rings (SSSR count). The molecule has 31 heavy (non-hydrogen) atoms. The zero-order valence-corrected chi connectivity index (χ0v) is 17.7. The Kier molecular flexibility index (Phi) is 4.66. The van der Waals surface area contributed by atoms with Crippen molar-refractivity contribution in [3.05, 3.63) is 63.1 Å². The van der Waals surface area contributed by atoms with E-state index in [1.165, 1.54) is 24.1 Å². The van der Waals surface area contributed by atoms with Gasteiger partial charge in [0.15, 0.2) is 0 Å². The summed E-state index contributed by atoms with van der Waals surface area (Å²) in [6, 6.07) is 4.74. The van der Waals surface area contributed by atoms with Gasteiger partial charge in [-0.15, -0.1) is 0 Å². The number of aromatic nitrogens is 2. The molecule has 7 heteroatoms. The van der Waals surface area contributed by atoms with Gasteiger partial charge in [0.05, 0.1) is 16.8 Å². The number of benzene rings is 1. The van der Waals surface area contributed by atoms with Crippen LogP contribution < -0.4 is 5.56 Å². The fourth-order valence-corrected chi connectivity index (χ4v) is 5.48. The quantitative estimate of drug-likeness (QED) is 0.713. The van der Waals surface area contributed by atoms with E-state index >= 15 is 0 Å². The molecule has 0 spiro atoms. The molecule has 0 saturated heterocycles. The summed E-state index contributed by atoms with van der Waals surface area (Å²) in [5.74, 6) is 1.77. The zero-order chi connectivity index (χ0) is 22.0. The second kappa shape index (κ2) is 7.05. The monoisotopic (exact) mass is 429 g/mol. The summed E-state index contributed by atoms with van der Waals surface area (Å²) in [6.45, 7) is 6.99. The van der Waals surface area contributed by atoms with Crippen LogP contribution in [0.15, 0.2) is 40.7 Å². The van der Waals surface area contributed by atoms with Crippen LogP contribution in [-0.4, -0.2) is 28.0 Å². The second-order valence-corrected chi connectivity index (χ2v) is 9.70. The van der Waals surface area contributed by atoms with Crippen molar-refractivity contribution < 1.29 is 13.2 Å². The van der Waals surface area contributed by atoms with Crippen LogP contribution in [0.2, 0.25) is 0 Å². The maximum atomic E-state index is 12.8. The molecule has 0 amide bonds. The minimum absolute atomic E-state index is 0.203. The zero-order valence-electron chi connectivity index (χ0n) is 17.7. The summed E-state index contributed by atoms with van der Waals surface area (Å²) in [5.41, 5.74) is 2.86. The van der Waals surface area contributed by atoms with Gasteiger partial charge in [-0.25, -0.2) is 4.98 Å². The Bertz CT molecular complexity index is 1100. The number of hydrogen-bond acceptors (Lipinski definition) is 3. The fourth-order valence-electron chi connectivity index (χ4n) is 5.48. The van der Waals surface area contributed by atoms with Crippen molar-refractivity contribution in [2.24, 2.45) is 17.3 Å². The van der Waals surface area contributed by atoms with Crippen molar-refractivity contribution in [1.82, 2.24) is 14.9 Å². The first-order valence-electron chi connectivity index (χ1n) is 10.8. The third-order valence-electron chi connectivity index (χ3n) is 7.62. The van der Waals surface area contributed by atoms with Gasteiger partial charge in [0, 0.05) is 31.6 Å². The molecule has 1 fully saturated rings. The molecule has 164 valence electrons. The second-order valence-electron chi connectivity index (χ2n) is 9.70. The number of aromatic amines is 1. The number of allylic oxidation sites excluding steroid dienone is 1. The van der Waals surface area contributed by atoms with Crippen molar-refractivity contribution in [2.75, 3.05) is 13.1 Å². The Labute approximate surface area is 179 Å². The Hall–Kier alpha value is -2.41. The van der Waals surface area contributed by atoms with Gasteiger partial charge in [-0.3, -0.25) is 9.69 Å². The molecular weight excluding hydrogens is 403 g/mol. The maximum absolute atomic E-state index is 12.8. The first-order valence-corrected chi connectivity index (χ1v) is 10.8. The van der Waals surface area contributed by atoms with E-state index in [-0.39, 0.29) is 5.56 Å². The summed E-state index contributed by atoms with van der Waals surface area (Å²) in [7, 11) is 0. The number of nitrogens with zero attached hydrogens (tertiary/aromatic N) is 2. The lowest BCUT2D eigenvalue weighted by Gasteiger charge is -2.57. The van der Waals surface area contributed by atoms with Crippen molar-refractivity contribution in [3.63, 3.8) is 0 Å². The number of fused-ring (bicyclic) bond motifs is 2. The molecule has 0 radical (unpaired) electrons. The van der Waals surface area contributed by atoms with Crippen LogP contribution in [0.3, 0.4) is 0 Å². The van der Waals surface area contributed by atoms with Crippen molar-refractivity contribution in [1.29, 1.82) is 0 Å². The van der Waals surface area contributed by atoms with E-state index in [2.05, 4.69) is 34.8 Å². The van der Waals surface area contributed by atoms with Gasteiger partial charge in [-0.2, -0.15) is 13.2 Å². The van der Waals surface area contributed by atoms with E-state index in [1.807, 2.05) is 0 Å². The van der Waals surface area contributed by atoms with E-state index in [0.29, 0.717) is 41.2 Å². The molecule has 3 aliphatic carbocycles. The van der Waals surface area contributed by atoms with Crippen LogP contribution in [0.1, 0.15) is 43.5 Å². The van der Waals surface area contributed by atoms with Crippen LogP contribution in [0.5, 0.6) is 0 Å². The molecule has 1 aromatic heterocycles. The minimum atomic E-state index is -4.39. The molecule has 2 bridgehead atoms. The average molecular weight is 429 g/mol. The van der Waals surface area contributed by atoms with Crippen molar-refractivity contribution in [3.8, 4) is 11.4 Å². The topological polar surface area (TPSA) is 49.0 Å².